The van der Waals surface area contributed by atoms with Crippen LogP contribution in [-0.2, 0) is 37.0 Å². The molecule has 0 unspecified atom stereocenters. The molecule has 0 N–H and O–H groups in total. The van der Waals surface area contributed by atoms with Crippen LogP contribution in [0.4, 0.5) is 0 Å². The van der Waals surface area contributed by atoms with Crippen molar-refractivity contribution < 1.29 is 36.4 Å². The van der Waals surface area contributed by atoms with Crippen LogP contribution < -0.4 is 10.2 Å². The summed E-state index contributed by atoms with van der Waals surface area (Å²) >= 11 is 0. The largest absolute Gasteiger partial charge is 4.00 e. The van der Waals surface area contributed by atoms with Gasteiger partial charge in [-0.05, 0) is 215 Å². The first-order valence-electron chi connectivity index (χ1n) is 25.8. The van der Waals surface area contributed by atoms with Gasteiger partial charge in [0.15, 0.2) is 0 Å². The third kappa shape index (κ3) is 8.47. The molecule has 0 radical (unpaired) electrons. The maximum atomic E-state index is 15.4. The second-order valence-electron chi connectivity index (χ2n) is 27.3. The Balaban J connectivity index is 0.00000214. The van der Waals surface area contributed by atoms with Gasteiger partial charge in [0.05, 0.1) is 11.4 Å². The molecule has 13 rings (SSSR count). The van der Waals surface area contributed by atoms with Gasteiger partial charge < -0.3 is 25.1 Å². The maximum absolute atomic E-state index is 15.4. The van der Waals surface area contributed by atoms with E-state index >= 15 is 10.2 Å². The van der Waals surface area contributed by atoms with Crippen LogP contribution in [0.15, 0.2) is 78.9 Å². The van der Waals surface area contributed by atoms with E-state index in [1.54, 1.807) is 0 Å². The van der Waals surface area contributed by atoms with E-state index in [4.69, 9.17) is 4.98 Å². The molecule has 8 saturated carbocycles. The minimum Gasteiger partial charge on any atom is -0.872 e. The van der Waals surface area contributed by atoms with E-state index in [1.807, 2.05) is 0 Å². The molecule has 0 saturated heterocycles. The zero-order chi connectivity index (χ0) is 46.8. The van der Waals surface area contributed by atoms with Crippen molar-refractivity contribution >= 4 is 0 Å². The molecule has 8 fully saturated rings. The normalized spacial score (nSPS) is 33.6. The number of aromatic nitrogens is 1. The fourth-order valence-electron chi connectivity index (χ4n) is 19.4. The minimum absolute atomic E-state index is 0. The van der Waals surface area contributed by atoms with Crippen molar-refractivity contribution in [1.82, 2.24) is 4.98 Å². The summed E-state index contributed by atoms with van der Waals surface area (Å²) in [4.78, 5) is 5.59. The summed E-state index contributed by atoms with van der Waals surface area (Å²) in [6.07, 6.45) is 14.3. The summed E-state index contributed by atoms with van der Waals surface area (Å²) in [5, 5.41) is 30.9. The molecule has 8 bridgehead atoms. The Kier molecular flexibility index (Phi) is 12.6. The second-order valence-corrected chi connectivity index (χ2v) is 27.3. The summed E-state index contributed by atoms with van der Waals surface area (Å²) in [5.41, 5.74) is 15.5. The van der Waals surface area contributed by atoms with E-state index in [9.17, 15) is 0 Å². The molecular formula is C65H81NO2Zr. The van der Waals surface area contributed by atoms with Gasteiger partial charge in [-0.1, -0.05) is 146 Å². The molecule has 69 heavy (non-hydrogen) atoms. The molecule has 0 amide bonds. The molecule has 3 nitrogen and oxygen atoms in total. The molecule has 8 aliphatic carbocycles. The third-order valence-electron chi connectivity index (χ3n) is 18.6. The Morgan fingerprint density at radius 1 is 0.406 bits per heavy atom. The Hall–Kier alpha value is -3.49. The molecule has 1 aromatic heterocycles. The fraction of sp³-hybridized carbons (Fsp3) is 0.523. The van der Waals surface area contributed by atoms with Gasteiger partial charge >= 0.3 is 26.2 Å². The molecule has 1 heterocycles. The number of hydrogen-bond acceptors (Lipinski definition) is 3. The standard InChI is InChI=1S/C63H77NO2.2CH3.Zr/c1-38(2)42-16-18-44(48-20-40(5)22-50(54(48)65)62-32-56(7)26-57(8,33-62)28-58(9,27-56)34-62)46(24-42)52-14-13-15-53(64-52)47-25-43(39(3)4)17-19-45(47)49-21-41(6)23-51(55(49)66)63-35-59(10)29-60(11,36-63)31-61(12,30-59)37-63;;;/h13-25,38-39,65-66H,26-37H2,1-12H3;2*1H3;/q;2*-1;+4/p-2. The van der Waals surface area contributed by atoms with Gasteiger partial charge in [0.25, 0.3) is 0 Å². The maximum Gasteiger partial charge on any atom is 4.00 e. The molecule has 0 aliphatic heterocycles. The van der Waals surface area contributed by atoms with Crippen molar-refractivity contribution in [3.8, 4) is 56.3 Å². The van der Waals surface area contributed by atoms with Crippen molar-refractivity contribution in [2.45, 2.75) is 183 Å². The van der Waals surface area contributed by atoms with Crippen LogP contribution in [0.3, 0.4) is 0 Å². The van der Waals surface area contributed by atoms with Gasteiger partial charge in [-0.25, -0.2) is 4.98 Å². The Bertz CT molecular complexity index is 2550. The topological polar surface area (TPSA) is 59.0 Å². The fourth-order valence-corrected chi connectivity index (χ4v) is 19.4. The smallest absolute Gasteiger partial charge is 0.872 e. The first-order chi connectivity index (χ1) is 30.8. The molecule has 4 heteroatoms. The van der Waals surface area contributed by atoms with Gasteiger partial charge in [-0.2, -0.15) is 0 Å². The van der Waals surface area contributed by atoms with Crippen molar-refractivity contribution in [2.24, 2.45) is 32.5 Å². The van der Waals surface area contributed by atoms with Gasteiger partial charge in [-0.15, -0.1) is 0 Å². The van der Waals surface area contributed by atoms with Crippen LogP contribution in [0.5, 0.6) is 11.5 Å². The first-order valence-corrected chi connectivity index (χ1v) is 25.8. The van der Waals surface area contributed by atoms with Crippen LogP contribution in [-0.4, -0.2) is 4.98 Å². The van der Waals surface area contributed by atoms with Gasteiger partial charge in [0.1, 0.15) is 0 Å². The number of pyridine rings is 1. The number of benzene rings is 4. The summed E-state index contributed by atoms with van der Waals surface area (Å²) in [7, 11) is 0. The Morgan fingerprint density at radius 3 is 1.00 bits per heavy atom. The number of rotatable bonds is 8. The molecule has 5 aromatic rings. The minimum atomic E-state index is -0.0987. The van der Waals surface area contributed by atoms with Crippen LogP contribution in [0, 0.1) is 61.2 Å². The van der Waals surface area contributed by atoms with Crippen LogP contribution in [0.1, 0.15) is 192 Å². The Morgan fingerprint density at radius 2 is 0.710 bits per heavy atom. The summed E-state index contributed by atoms with van der Waals surface area (Å²) < 4.78 is 0. The molecule has 362 valence electrons. The first kappa shape index (κ1) is 51.9. The summed E-state index contributed by atoms with van der Waals surface area (Å²) in [5.74, 6) is 1.01. The molecule has 0 spiro atoms. The van der Waals surface area contributed by atoms with Crippen LogP contribution >= 0.6 is 0 Å². The van der Waals surface area contributed by atoms with Crippen LogP contribution in [0.25, 0.3) is 44.8 Å². The van der Waals surface area contributed by atoms with E-state index < -0.39 is 0 Å². The SMILES string of the molecule is Cc1cc(-c2ccc(C(C)C)cc2-c2cccc(-c3cc(C(C)C)ccc3-c3cc(C)cc(C45CC6(C)CC(C)(CC(C)(C6)C4)C5)c3[O-])n2)c([O-])c(C23CC4(C)CC(C)(CC(C)(C4)C2)C3)c1.[CH3-].[CH3-].[Zr+4]. The predicted octanol–water partition coefficient (Wildman–Crippen LogP) is 16.9. The zero-order valence-electron chi connectivity index (χ0n) is 44.9. The average Bonchev–Trinajstić information content (AvgIpc) is 3.18. The van der Waals surface area contributed by atoms with Crippen LogP contribution in [0.2, 0.25) is 0 Å². The van der Waals surface area contributed by atoms with Gasteiger partial charge in [0.2, 0.25) is 0 Å². The van der Waals surface area contributed by atoms with Crippen molar-refractivity contribution in [3.05, 3.63) is 127 Å². The van der Waals surface area contributed by atoms with Crippen molar-refractivity contribution in [1.29, 1.82) is 0 Å². The molecule has 4 aromatic carbocycles. The molecule has 0 atom stereocenters. The van der Waals surface area contributed by atoms with E-state index in [0.29, 0.717) is 11.8 Å². The number of nitrogens with zero attached hydrogens (tertiary/aromatic N) is 1. The van der Waals surface area contributed by atoms with E-state index in [0.717, 1.165) is 106 Å². The van der Waals surface area contributed by atoms with Gasteiger partial charge in [-0.3, -0.25) is 0 Å². The molecular weight excluding hydrogens is 918 g/mol. The average molecular weight is 1000 g/mol. The number of hydrogen-bond donors (Lipinski definition) is 0. The quantitative estimate of drug-likeness (QED) is 0.146. The molecule has 8 aliphatic rings. The number of aryl methyl sites for hydroxylation is 2. The third-order valence-corrected chi connectivity index (χ3v) is 18.6. The zero-order valence-corrected chi connectivity index (χ0v) is 47.4. The predicted molar refractivity (Wildman–Crippen MR) is 283 cm³/mol. The monoisotopic (exact) mass is 998 g/mol. The summed E-state index contributed by atoms with van der Waals surface area (Å²) in [6, 6.07) is 28.7. The van der Waals surface area contributed by atoms with E-state index in [-0.39, 0.29) is 95.9 Å². The van der Waals surface area contributed by atoms with Crippen molar-refractivity contribution in [3.63, 3.8) is 0 Å². The van der Waals surface area contributed by atoms with E-state index in [2.05, 4.69) is 162 Å². The Labute approximate surface area is 437 Å². The van der Waals surface area contributed by atoms with E-state index in [1.165, 1.54) is 49.7 Å². The van der Waals surface area contributed by atoms with Gasteiger partial charge in [0, 0.05) is 11.1 Å². The summed E-state index contributed by atoms with van der Waals surface area (Å²) in [6.45, 7) is 28.4. The van der Waals surface area contributed by atoms with Crippen molar-refractivity contribution in [2.75, 3.05) is 0 Å². The second kappa shape index (κ2) is 16.8.